The van der Waals surface area contributed by atoms with Gasteiger partial charge >= 0.3 is 0 Å². The maximum Gasteiger partial charge on any atom is 0.138 e. The molecule has 0 spiro atoms. The zero-order valence-corrected chi connectivity index (χ0v) is 12.7. The first-order valence-electron chi connectivity index (χ1n) is 7.12. The van der Waals surface area contributed by atoms with Crippen LogP contribution in [0.1, 0.15) is 31.2 Å². The molecule has 20 heavy (non-hydrogen) atoms. The number of pyridine rings is 1. The Morgan fingerprint density at radius 2 is 2.35 bits per heavy atom. The molecule has 4 heteroatoms. The molecule has 0 amide bonds. The predicted molar refractivity (Wildman–Crippen MR) is 82.2 cm³/mol. The van der Waals surface area contributed by atoms with Crippen molar-refractivity contribution >= 4 is 11.6 Å². The summed E-state index contributed by atoms with van der Waals surface area (Å²) >= 11 is 5.54. The fourth-order valence-electron chi connectivity index (χ4n) is 2.52. The van der Waals surface area contributed by atoms with Gasteiger partial charge in [0.05, 0.1) is 18.7 Å². The Bertz CT molecular complexity index is 481. The van der Waals surface area contributed by atoms with Crippen LogP contribution in [0.15, 0.2) is 18.5 Å². The summed E-state index contributed by atoms with van der Waals surface area (Å²) in [4.78, 5) is 6.57. The van der Waals surface area contributed by atoms with E-state index in [1.165, 1.54) is 25.8 Å². The van der Waals surface area contributed by atoms with E-state index in [9.17, 15) is 0 Å². The monoisotopic (exact) mass is 292 g/mol. The van der Waals surface area contributed by atoms with Crippen molar-refractivity contribution in [2.24, 2.45) is 0 Å². The van der Waals surface area contributed by atoms with Crippen LogP contribution in [0.3, 0.4) is 0 Å². The van der Waals surface area contributed by atoms with Crippen molar-refractivity contribution in [3.05, 3.63) is 24.0 Å². The lowest BCUT2D eigenvalue weighted by atomic mass is 10.0. The van der Waals surface area contributed by atoms with Crippen LogP contribution in [0, 0.1) is 11.8 Å². The second-order valence-corrected chi connectivity index (χ2v) is 5.38. The summed E-state index contributed by atoms with van der Waals surface area (Å²) in [7, 11) is 2.20. The smallest absolute Gasteiger partial charge is 0.138 e. The second-order valence-electron chi connectivity index (χ2n) is 5.11. The molecule has 1 aliphatic heterocycles. The predicted octanol–water partition coefficient (Wildman–Crippen LogP) is 2.93. The van der Waals surface area contributed by atoms with Gasteiger partial charge < -0.3 is 9.64 Å². The van der Waals surface area contributed by atoms with Gasteiger partial charge in [0, 0.05) is 17.8 Å². The van der Waals surface area contributed by atoms with E-state index in [0.29, 0.717) is 11.9 Å². The summed E-state index contributed by atoms with van der Waals surface area (Å²) in [5.41, 5.74) is 0.845. The number of piperidine rings is 1. The molecule has 0 N–H and O–H groups in total. The lowest BCUT2D eigenvalue weighted by molar-refractivity contribution is 0.153. The molecule has 1 aromatic rings. The van der Waals surface area contributed by atoms with Gasteiger partial charge in [-0.2, -0.15) is 0 Å². The van der Waals surface area contributed by atoms with Crippen molar-refractivity contribution in [3.63, 3.8) is 0 Å². The first-order valence-corrected chi connectivity index (χ1v) is 7.66. The van der Waals surface area contributed by atoms with Gasteiger partial charge in [0.25, 0.3) is 0 Å². The van der Waals surface area contributed by atoms with E-state index < -0.39 is 0 Å². The largest absolute Gasteiger partial charge is 0.492 e. The standard InChI is InChI=1S/C16H21ClN2O/c1-19-9-3-2-6-15(19)7-10-20-16-11-14(5-4-8-17)12-18-13-16/h11-13,15H,2-3,6-10H2,1H3. The highest BCUT2D eigenvalue weighted by Gasteiger charge is 2.18. The molecule has 0 bridgehead atoms. The van der Waals surface area contributed by atoms with Crippen LogP contribution in [0.4, 0.5) is 0 Å². The Balaban J connectivity index is 1.81. The van der Waals surface area contributed by atoms with Crippen molar-refractivity contribution in [3.8, 4) is 17.6 Å². The Labute approximate surface area is 126 Å². The summed E-state index contributed by atoms with van der Waals surface area (Å²) < 4.78 is 5.79. The Morgan fingerprint density at radius 1 is 1.45 bits per heavy atom. The van der Waals surface area contributed by atoms with Crippen molar-refractivity contribution in [2.75, 3.05) is 26.1 Å². The van der Waals surface area contributed by atoms with Crippen LogP contribution >= 0.6 is 11.6 Å². The molecule has 0 aliphatic carbocycles. The third-order valence-electron chi connectivity index (χ3n) is 3.65. The SMILES string of the molecule is CN1CCCCC1CCOc1cncc(C#CCCl)c1. The first kappa shape index (κ1) is 15.2. The van der Waals surface area contributed by atoms with Gasteiger partial charge in [-0.05, 0) is 38.9 Å². The summed E-state index contributed by atoms with van der Waals surface area (Å²) in [6, 6.07) is 2.56. The quantitative estimate of drug-likeness (QED) is 0.630. The molecular formula is C16H21ClN2O. The van der Waals surface area contributed by atoms with Gasteiger partial charge in [0.1, 0.15) is 5.75 Å². The number of halogens is 1. The normalized spacial score (nSPS) is 19.2. The molecule has 0 saturated carbocycles. The lowest BCUT2D eigenvalue weighted by Crippen LogP contribution is -2.37. The van der Waals surface area contributed by atoms with E-state index in [4.69, 9.17) is 16.3 Å². The number of likely N-dealkylation sites (tertiary alicyclic amines) is 1. The molecule has 1 unspecified atom stereocenters. The molecule has 3 nitrogen and oxygen atoms in total. The van der Waals surface area contributed by atoms with E-state index >= 15 is 0 Å². The molecule has 1 aromatic heterocycles. The summed E-state index contributed by atoms with van der Waals surface area (Å²) in [5.74, 6) is 6.88. The van der Waals surface area contributed by atoms with Crippen molar-refractivity contribution in [1.82, 2.24) is 9.88 Å². The highest BCUT2D eigenvalue weighted by Crippen LogP contribution is 2.18. The maximum atomic E-state index is 5.79. The number of alkyl halides is 1. The summed E-state index contributed by atoms with van der Waals surface area (Å²) in [5, 5.41) is 0. The van der Waals surface area contributed by atoms with Gasteiger partial charge in [-0.25, -0.2) is 0 Å². The topological polar surface area (TPSA) is 25.4 Å². The number of ether oxygens (including phenoxy) is 1. The van der Waals surface area contributed by atoms with E-state index in [0.717, 1.165) is 24.3 Å². The highest BCUT2D eigenvalue weighted by molar-refractivity contribution is 6.19. The molecule has 1 atom stereocenters. The number of hydrogen-bond donors (Lipinski definition) is 0. The molecule has 2 rings (SSSR count). The second kappa shape index (κ2) is 8.14. The van der Waals surface area contributed by atoms with E-state index in [-0.39, 0.29) is 0 Å². The van der Waals surface area contributed by atoms with E-state index in [1.54, 1.807) is 12.4 Å². The van der Waals surface area contributed by atoms with Crippen LogP contribution in [-0.2, 0) is 0 Å². The zero-order chi connectivity index (χ0) is 14.2. The first-order chi connectivity index (χ1) is 9.79. The lowest BCUT2D eigenvalue weighted by Gasteiger charge is -2.32. The number of hydrogen-bond acceptors (Lipinski definition) is 3. The van der Waals surface area contributed by atoms with Gasteiger partial charge in [0.2, 0.25) is 0 Å². The van der Waals surface area contributed by atoms with Crippen LogP contribution in [0.25, 0.3) is 0 Å². The van der Waals surface area contributed by atoms with Gasteiger partial charge in [-0.1, -0.05) is 18.3 Å². The average Bonchev–Trinajstić information content (AvgIpc) is 2.48. The van der Waals surface area contributed by atoms with Crippen molar-refractivity contribution in [2.45, 2.75) is 31.7 Å². The molecule has 0 radical (unpaired) electrons. The summed E-state index contributed by atoms with van der Waals surface area (Å²) in [6.07, 6.45) is 8.45. The Kier molecular flexibility index (Phi) is 6.17. The molecule has 0 aromatic carbocycles. The molecule has 2 heterocycles. The maximum absolute atomic E-state index is 5.79. The Hall–Kier alpha value is -1.24. The minimum absolute atomic E-state index is 0.332. The third-order valence-corrected chi connectivity index (χ3v) is 3.79. The minimum Gasteiger partial charge on any atom is -0.492 e. The zero-order valence-electron chi connectivity index (χ0n) is 11.9. The van der Waals surface area contributed by atoms with Gasteiger partial charge in [0.15, 0.2) is 0 Å². The fraction of sp³-hybridized carbons (Fsp3) is 0.562. The molecule has 1 saturated heterocycles. The highest BCUT2D eigenvalue weighted by atomic mass is 35.5. The van der Waals surface area contributed by atoms with Crippen LogP contribution < -0.4 is 4.74 Å². The molecule has 1 fully saturated rings. The number of aromatic nitrogens is 1. The molecule has 1 aliphatic rings. The third kappa shape index (κ3) is 4.70. The average molecular weight is 293 g/mol. The Morgan fingerprint density at radius 3 is 3.15 bits per heavy atom. The minimum atomic E-state index is 0.332. The van der Waals surface area contributed by atoms with Crippen LogP contribution in [-0.4, -0.2) is 42.0 Å². The van der Waals surface area contributed by atoms with Crippen LogP contribution in [0.2, 0.25) is 0 Å². The van der Waals surface area contributed by atoms with Crippen molar-refractivity contribution < 1.29 is 4.74 Å². The van der Waals surface area contributed by atoms with E-state index in [2.05, 4.69) is 28.8 Å². The number of rotatable bonds is 4. The fourth-order valence-corrected chi connectivity index (χ4v) is 2.59. The molecular weight excluding hydrogens is 272 g/mol. The molecule has 108 valence electrons. The van der Waals surface area contributed by atoms with E-state index in [1.807, 2.05) is 6.07 Å². The van der Waals surface area contributed by atoms with Gasteiger partial charge in [-0.3, -0.25) is 4.98 Å². The van der Waals surface area contributed by atoms with Crippen molar-refractivity contribution in [1.29, 1.82) is 0 Å². The van der Waals surface area contributed by atoms with Crippen LogP contribution in [0.5, 0.6) is 5.75 Å². The number of nitrogens with zero attached hydrogens (tertiary/aromatic N) is 2. The summed E-state index contributed by atoms with van der Waals surface area (Å²) in [6.45, 7) is 1.93. The van der Waals surface area contributed by atoms with Gasteiger partial charge in [-0.15, -0.1) is 11.6 Å².